The number of hydrogen-bond acceptors (Lipinski definition) is 1. The molecule has 1 atom stereocenters. The Balaban J connectivity index is 3.20. The molecule has 1 aromatic rings. The Labute approximate surface area is 73.8 Å². The molecule has 0 heterocycles. The molecule has 1 rings (SSSR count). The van der Waals surface area contributed by atoms with E-state index in [2.05, 4.69) is 0 Å². The van der Waals surface area contributed by atoms with Crippen LogP contribution >= 0.6 is 0 Å². The van der Waals surface area contributed by atoms with Crippen molar-refractivity contribution in [3.8, 4) is 0 Å². The number of carboxylic acid groups (broad SMARTS) is 1. The molecule has 70 valence electrons. The van der Waals surface area contributed by atoms with Crippen molar-refractivity contribution in [2.24, 2.45) is 0 Å². The number of rotatable bonds is 2. The zero-order valence-electron chi connectivity index (χ0n) is 6.92. The first-order valence-corrected chi connectivity index (χ1v) is 3.70. The van der Waals surface area contributed by atoms with E-state index in [-0.39, 0.29) is 0 Å². The van der Waals surface area contributed by atoms with Crippen molar-refractivity contribution in [3.63, 3.8) is 0 Å². The van der Waals surface area contributed by atoms with E-state index in [9.17, 15) is 13.6 Å². The van der Waals surface area contributed by atoms with Gasteiger partial charge in [-0.3, -0.25) is 4.79 Å². The quantitative estimate of drug-likeness (QED) is 0.768. The van der Waals surface area contributed by atoms with Crippen LogP contribution in [0.1, 0.15) is 18.4 Å². The van der Waals surface area contributed by atoms with Gasteiger partial charge in [-0.1, -0.05) is 6.07 Å². The van der Waals surface area contributed by atoms with Crippen molar-refractivity contribution in [2.45, 2.75) is 12.8 Å². The largest absolute Gasteiger partial charge is 0.481 e. The fraction of sp³-hybridized carbons (Fsp3) is 0.222. The van der Waals surface area contributed by atoms with E-state index in [4.69, 9.17) is 5.11 Å². The lowest BCUT2D eigenvalue weighted by Crippen LogP contribution is -2.11. The van der Waals surface area contributed by atoms with Gasteiger partial charge in [0, 0.05) is 5.56 Å². The monoisotopic (exact) mass is 186 g/mol. The lowest BCUT2D eigenvalue weighted by molar-refractivity contribution is -0.138. The average molecular weight is 186 g/mol. The predicted octanol–water partition coefficient (Wildman–Crippen LogP) is 2.15. The van der Waals surface area contributed by atoms with E-state index in [1.54, 1.807) is 0 Å². The molecule has 0 fully saturated rings. The Morgan fingerprint density at radius 2 is 1.85 bits per heavy atom. The summed E-state index contributed by atoms with van der Waals surface area (Å²) in [6.07, 6.45) is 0. The highest BCUT2D eigenvalue weighted by molar-refractivity contribution is 5.75. The molecule has 0 saturated carbocycles. The Hall–Kier alpha value is -1.45. The van der Waals surface area contributed by atoms with Gasteiger partial charge < -0.3 is 5.11 Å². The van der Waals surface area contributed by atoms with Crippen LogP contribution in [0.25, 0.3) is 0 Å². The maximum Gasteiger partial charge on any atom is 0.310 e. The number of carbonyl (C=O) groups is 1. The minimum Gasteiger partial charge on any atom is -0.481 e. The predicted molar refractivity (Wildman–Crippen MR) is 42.4 cm³/mol. The molecule has 0 saturated heterocycles. The van der Waals surface area contributed by atoms with E-state index >= 15 is 0 Å². The average Bonchev–Trinajstić information content (AvgIpc) is 2.03. The number of carboxylic acids is 1. The summed E-state index contributed by atoms with van der Waals surface area (Å²) >= 11 is 0. The van der Waals surface area contributed by atoms with Crippen LogP contribution in [0.3, 0.4) is 0 Å². The van der Waals surface area contributed by atoms with Crippen molar-refractivity contribution in [3.05, 3.63) is 35.4 Å². The van der Waals surface area contributed by atoms with Crippen LogP contribution in [0, 0.1) is 11.6 Å². The molecular weight excluding hydrogens is 178 g/mol. The van der Waals surface area contributed by atoms with Crippen LogP contribution in [-0.4, -0.2) is 11.1 Å². The first-order valence-electron chi connectivity index (χ1n) is 3.70. The maximum atomic E-state index is 13.0. The van der Waals surface area contributed by atoms with E-state index in [1.165, 1.54) is 13.0 Å². The van der Waals surface area contributed by atoms with Crippen LogP contribution < -0.4 is 0 Å². The molecule has 1 N–H and O–H groups in total. The number of aliphatic carboxylic acids is 1. The van der Waals surface area contributed by atoms with Crippen LogP contribution in [0.4, 0.5) is 8.78 Å². The SMILES string of the molecule is C[C@@H](C(=O)O)c1c(F)cccc1F. The molecule has 2 nitrogen and oxygen atoms in total. The summed E-state index contributed by atoms with van der Waals surface area (Å²) in [5.74, 6) is -4.06. The fourth-order valence-corrected chi connectivity index (χ4v) is 1.05. The van der Waals surface area contributed by atoms with Crippen molar-refractivity contribution in [2.75, 3.05) is 0 Å². The van der Waals surface area contributed by atoms with Gasteiger partial charge in [-0.15, -0.1) is 0 Å². The number of hydrogen-bond donors (Lipinski definition) is 1. The third kappa shape index (κ3) is 1.83. The molecule has 0 bridgehead atoms. The molecule has 0 aliphatic carbocycles. The molecule has 0 aromatic heterocycles. The minimum absolute atomic E-state index is 0.394. The maximum absolute atomic E-state index is 13.0. The fourth-order valence-electron chi connectivity index (χ4n) is 1.05. The Morgan fingerprint density at radius 1 is 1.38 bits per heavy atom. The number of benzene rings is 1. The first-order chi connectivity index (χ1) is 6.04. The van der Waals surface area contributed by atoms with Crippen LogP contribution in [0.5, 0.6) is 0 Å². The first kappa shape index (κ1) is 9.64. The molecule has 13 heavy (non-hydrogen) atoms. The molecular formula is C9H8F2O2. The van der Waals surface area contributed by atoms with Crippen LogP contribution in [-0.2, 0) is 4.79 Å². The standard InChI is InChI=1S/C9H8F2O2/c1-5(9(12)13)8-6(10)3-2-4-7(8)11/h2-5H,1H3,(H,12,13)/t5-/m1/s1. The summed E-state index contributed by atoms with van der Waals surface area (Å²) in [4.78, 5) is 10.5. The van der Waals surface area contributed by atoms with Gasteiger partial charge in [-0.05, 0) is 19.1 Å². The lowest BCUT2D eigenvalue weighted by Gasteiger charge is -2.08. The molecule has 0 spiro atoms. The van der Waals surface area contributed by atoms with Gasteiger partial charge in [0.15, 0.2) is 0 Å². The second-order valence-electron chi connectivity index (χ2n) is 2.70. The van der Waals surface area contributed by atoms with Crippen LogP contribution in [0.2, 0.25) is 0 Å². The summed E-state index contributed by atoms with van der Waals surface area (Å²) in [6, 6.07) is 3.28. The van der Waals surface area contributed by atoms with Crippen LogP contribution in [0.15, 0.2) is 18.2 Å². The van der Waals surface area contributed by atoms with E-state index in [1.807, 2.05) is 0 Å². The Kier molecular flexibility index (Phi) is 2.60. The zero-order valence-corrected chi connectivity index (χ0v) is 6.92. The molecule has 0 radical (unpaired) electrons. The summed E-state index contributed by atoms with van der Waals surface area (Å²) < 4.78 is 25.9. The van der Waals surface area contributed by atoms with Crippen molar-refractivity contribution >= 4 is 5.97 Å². The summed E-state index contributed by atoms with van der Waals surface area (Å²) in [5.41, 5.74) is -0.394. The lowest BCUT2D eigenvalue weighted by atomic mass is 10.0. The Bertz CT molecular complexity index is 316. The molecule has 0 aliphatic rings. The van der Waals surface area contributed by atoms with E-state index < -0.39 is 29.1 Å². The van der Waals surface area contributed by atoms with E-state index in [0.717, 1.165) is 12.1 Å². The second kappa shape index (κ2) is 3.51. The van der Waals surface area contributed by atoms with Crippen molar-refractivity contribution in [1.82, 2.24) is 0 Å². The van der Waals surface area contributed by atoms with Gasteiger partial charge >= 0.3 is 5.97 Å². The molecule has 0 aliphatic heterocycles. The van der Waals surface area contributed by atoms with Gasteiger partial charge in [0.05, 0.1) is 5.92 Å². The van der Waals surface area contributed by atoms with Crippen molar-refractivity contribution in [1.29, 1.82) is 0 Å². The summed E-state index contributed by atoms with van der Waals surface area (Å²) in [5, 5.41) is 8.55. The highest BCUT2D eigenvalue weighted by atomic mass is 19.1. The van der Waals surface area contributed by atoms with Crippen molar-refractivity contribution < 1.29 is 18.7 Å². The molecule has 0 amide bonds. The summed E-state index contributed by atoms with van der Waals surface area (Å²) in [6.45, 7) is 1.24. The topological polar surface area (TPSA) is 37.3 Å². The molecule has 1 aromatic carbocycles. The third-order valence-electron chi connectivity index (χ3n) is 1.80. The smallest absolute Gasteiger partial charge is 0.310 e. The highest BCUT2D eigenvalue weighted by Gasteiger charge is 2.21. The normalized spacial score (nSPS) is 12.5. The van der Waals surface area contributed by atoms with Gasteiger partial charge in [0.1, 0.15) is 11.6 Å². The molecule has 4 heteroatoms. The van der Waals surface area contributed by atoms with Gasteiger partial charge in [-0.25, -0.2) is 8.78 Å². The Morgan fingerprint density at radius 3 is 2.23 bits per heavy atom. The third-order valence-corrected chi connectivity index (χ3v) is 1.80. The van der Waals surface area contributed by atoms with Gasteiger partial charge in [0.25, 0.3) is 0 Å². The number of halogens is 2. The minimum atomic E-state index is -1.25. The van der Waals surface area contributed by atoms with Gasteiger partial charge in [0.2, 0.25) is 0 Å². The van der Waals surface area contributed by atoms with Gasteiger partial charge in [-0.2, -0.15) is 0 Å². The van der Waals surface area contributed by atoms with E-state index in [0.29, 0.717) is 0 Å². The molecule has 0 unspecified atom stereocenters. The summed E-state index contributed by atoms with van der Waals surface area (Å²) in [7, 11) is 0. The second-order valence-corrected chi connectivity index (χ2v) is 2.70. The highest BCUT2D eigenvalue weighted by Crippen LogP contribution is 2.22. The zero-order chi connectivity index (χ0) is 10.0.